The maximum absolute atomic E-state index is 13.6. The van der Waals surface area contributed by atoms with Crippen LogP contribution >= 0.6 is 0 Å². The quantitative estimate of drug-likeness (QED) is 0.310. The predicted octanol–water partition coefficient (Wildman–Crippen LogP) is 2.40. The SMILES string of the molecule is C=Cc1c(C)c2c(=O)[nH]c(-c3cc(S(=O)(=O)N4CCN(CCO[N+](=O)O)CC4)ccc3OCC)nn2c1CCC. The maximum Gasteiger partial charge on any atom is 0.475 e. The van der Waals surface area contributed by atoms with Crippen LogP contribution in [0.3, 0.4) is 0 Å². The zero-order valence-electron chi connectivity index (χ0n) is 22.9. The van der Waals surface area contributed by atoms with Crippen LogP contribution < -0.4 is 10.3 Å². The Morgan fingerprint density at radius 1 is 1.23 bits per heavy atom. The van der Waals surface area contributed by atoms with Gasteiger partial charge in [0.25, 0.3) is 5.56 Å². The molecule has 4 rings (SSSR count). The van der Waals surface area contributed by atoms with Crippen molar-refractivity contribution in [1.82, 2.24) is 23.8 Å². The minimum atomic E-state index is -3.88. The highest BCUT2D eigenvalue weighted by molar-refractivity contribution is 7.89. The molecule has 0 aliphatic carbocycles. The molecule has 0 saturated carbocycles. The molecule has 3 aromatic rings. The number of fused-ring (bicyclic) bond motifs is 1. The molecule has 2 aromatic heterocycles. The van der Waals surface area contributed by atoms with Crippen LogP contribution in [0.1, 0.15) is 37.1 Å². The molecule has 0 radical (unpaired) electrons. The van der Waals surface area contributed by atoms with Gasteiger partial charge in [-0.3, -0.25) is 9.69 Å². The summed E-state index contributed by atoms with van der Waals surface area (Å²) in [4.78, 5) is 33.0. The van der Waals surface area contributed by atoms with Gasteiger partial charge in [-0.2, -0.15) is 9.14 Å². The van der Waals surface area contributed by atoms with E-state index in [0.29, 0.717) is 49.5 Å². The van der Waals surface area contributed by atoms with Crippen molar-refractivity contribution < 1.29 is 28.3 Å². The number of piperazine rings is 1. The molecule has 14 heteroatoms. The van der Waals surface area contributed by atoms with Gasteiger partial charge in [-0.25, -0.2) is 18.1 Å². The van der Waals surface area contributed by atoms with Crippen molar-refractivity contribution >= 4 is 21.6 Å². The summed E-state index contributed by atoms with van der Waals surface area (Å²) in [7, 11) is -3.88. The molecule has 2 N–H and O–H groups in total. The van der Waals surface area contributed by atoms with E-state index in [1.807, 2.05) is 25.7 Å². The average Bonchev–Trinajstić information content (AvgIpc) is 3.20. The van der Waals surface area contributed by atoms with Crippen molar-refractivity contribution in [1.29, 1.82) is 0 Å². The number of hydrogen-bond donors (Lipinski definition) is 2. The lowest BCUT2D eigenvalue weighted by atomic mass is 10.1. The van der Waals surface area contributed by atoms with Gasteiger partial charge in [-0.15, -0.1) is 5.10 Å². The summed E-state index contributed by atoms with van der Waals surface area (Å²) < 4.78 is 36.0. The Labute approximate surface area is 232 Å². The summed E-state index contributed by atoms with van der Waals surface area (Å²) in [6.07, 6.45) is 3.25. The maximum atomic E-state index is 13.6. The summed E-state index contributed by atoms with van der Waals surface area (Å²) in [5.74, 6) is 0.594. The van der Waals surface area contributed by atoms with Gasteiger partial charge in [0, 0.05) is 38.3 Å². The number of aromatic amines is 1. The lowest BCUT2D eigenvalue weighted by Gasteiger charge is -2.33. The Morgan fingerprint density at radius 2 is 1.95 bits per heavy atom. The Bertz CT molecular complexity index is 1570. The first-order chi connectivity index (χ1) is 19.1. The lowest BCUT2D eigenvalue weighted by molar-refractivity contribution is -0.975. The number of H-pyrrole nitrogens is 1. The smallest absolute Gasteiger partial charge is 0.475 e. The number of nitrogens with one attached hydrogen (secondary N) is 1. The second-order valence-corrected chi connectivity index (χ2v) is 11.3. The van der Waals surface area contributed by atoms with E-state index in [1.54, 1.807) is 16.7 Å². The number of aromatic nitrogens is 3. The second kappa shape index (κ2) is 12.2. The van der Waals surface area contributed by atoms with Crippen LogP contribution in [0, 0.1) is 11.8 Å². The highest BCUT2D eigenvalue weighted by atomic mass is 32.2. The molecular formula is C26H35N6O7S+. The van der Waals surface area contributed by atoms with Gasteiger partial charge < -0.3 is 9.72 Å². The molecule has 0 spiro atoms. The number of nitrogens with zero attached hydrogens (tertiary/aromatic N) is 5. The molecule has 216 valence electrons. The normalized spacial score (nSPS) is 14.9. The molecule has 0 atom stereocenters. The highest BCUT2D eigenvalue weighted by Crippen LogP contribution is 2.32. The molecule has 1 aliphatic rings. The Hall–Kier alpha value is -3.75. The van der Waals surface area contributed by atoms with E-state index in [0.717, 1.165) is 23.2 Å². The third-order valence-electron chi connectivity index (χ3n) is 6.96. The number of hydrogen-bond acceptors (Lipinski definition) is 8. The van der Waals surface area contributed by atoms with Crippen LogP contribution in [0.4, 0.5) is 0 Å². The summed E-state index contributed by atoms with van der Waals surface area (Å²) in [5, 5.41) is 12.7. The van der Waals surface area contributed by atoms with E-state index in [4.69, 9.17) is 15.0 Å². The molecular weight excluding hydrogens is 540 g/mol. The van der Waals surface area contributed by atoms with Crippen LogP contribution in [0.2, 0.25) is 0 Å². The van der Waals surface area contributed by atoms with E-state index in [-0.39, 0.29) is 36.0 Å². The zero-order valence-corrected chi connectivity index (χ0v) is 23.7. The van der Waals surface area contributed by atoms with Crippen LogP contribution in [-0.4, -0.2) is 88.5 Å². The molecule has 40 heavy (non-hydrogen) atoms. The van der Waals surface area contributed by atoms with Crippen molar-refractivity contribution in [3.05, 3.63) is 56.9 Å². The van der Waals surface area contributed by atoms with Crippen molar-refractivity contribution in [2.24, 2.45) is 0 Å². The van der Waals surface area contributed by atoms with Crippen molar-refractivity contribution in [2.75, 3.05) is 45.9 Å². The Morgan fingerprint density at radius 3 is 2.58 bits per heavy atom. The van der Waals surface area contributed by atoms with E-state index < -0.39 is 15.1 Å². The van der Waals surface area contributed by atoms with Gasteiger partial charge in [0.15, 0.2) is 12.4 Å². The largest absolute Gasteiger partial charge is 0.493 e. The van der Waals surface area contributed by atoms with Crippen LogP contribution in [0.5, 0.6) is 5.75 Å². The molecule has 1 aromatic carbocycles. The van der Waals surface area contributed by atoms with Crippen molar-refractivity contribution in [2.45, 2.75) is 38.5 Å². The summed E-state index contributed by atoms with van der Waals surface area (Å²) >= 11 is 0. The highest BCUT2D eigenvalue weighted by Gasteiger charge is 2.30. The van der Waals surface area contributed by atoms with Crippen LogP contribution in [0.25, 0.3) is 23.0 Å². The minimum absolute atomic E-state index is 0.0142. The summed E-state index contributed by atoms with van der Waals surface area (Å²) in [6, 6.07) is 4.55. The van der Waals surface area contributed by atoms with Gasteiger partial charge in [0.2, 0.25) is 10.0 Å². The van der Waals surface area contributed by atoms with Gasteiger partial charge in [-0.05, 0) is 44.0 Å². The van der Waals surface area contributed by atoms with Gasteiger partial charge in [0.1, 0.15) is 16.2 Å². The summed E-state index contributed by atoms with van der Waals surface area (Å²) in [5.41, 5.74) is 2.96. The molecule has 1 fully saturated rings. The average molecular weight is 576 g/mol. The van der Waals surface area contributed by atoms with Crippen LogP contribution in [0.15, 0.2) is 34.5 Å². The van der Waals surface area contributed by atoms with Crippen LogP contribution in [-0.2, 0) is 21.3 Å². The zero-order chi connectivity index (χ0) is 29.0. The van der Waals surface area contributed by atoms with E-state index in [9.17, 15) is 18.1 Å². The van der Waals surface area contributed by atoms with Gasteiger partial charge in [0.05, 0.1) is 22.8 Å². The molecule has 13 nitrogen and oxygen atoms in total. The topological polar surface area (TPSA) is 150 Å². The van der Waals surface area contributed by atoms with E-state index in [1.165, 1.54) is 16.4 Å². The minimum Gasteiger partial charge on any atom is -0.493 e. The fourth-order valence-corrected chi connectivity index (χ4v) is 6.47. The monoisotopic (exact) mass is 575 g/mol. The molecule has 1 aliphatic heterocycles. The fraction of sp³-hybridized carbons (Fsp3) is 0.462. The third-order valence-corrected chi connectivity index (χ3v) is 8.85. The number of benzene rings is 1. The number of aryl methyl sites for hydroxylation is 2. The number of rotatable bonds is 12. The number of ether oxygens (including phenoxy) is 1. The Kier molecular flexibility index (Phi) is 8.91. The van der Waals surface area contributed by atoms with Gasteiger partial charge >= 0.3 is 5.09 Å². The van der Waals surface area contributed by atoms with Crippen molar-refractivity contribution in [3.63, 3.8) is 0 Å². The molecule has 0 amide bonds. The molecule has 0 unspecified atom stereocenters. The first kappa shape index (κ1) is 29.2. The van der Waals surface area contributed by atoms with E-state index >= 15 is 0 Å². The number of sulfonamides is 1. The molecule has 3 heterocycles. The molecule has 1 saturated heterocycles. The van der Waals surface area contributed by atoms with Crippen molar-refractivity contribution in [3.8, 4) is 17.1 Å². The van der Waals surface area contributed by atoms with E-state index in [2.05, 4.69) is 16.4 Å². The standard InChI is InChI=1S/C26H34N6O7S/c1-5-8-22-20(6-2)18(4)24-26(33)27-25(28-31(22)24)21-17-19(9-10-23(21)38-7-3)40(36,37)30-13-11-29(12-14-30)15-16-39-32(34)35/h6,9-10,17H,2,5,7-8,11-16H2,1,3-4H3,(H-,27,28,33,34,35)/p+1. The first-order valence-corrected chi connectivity index (χ1v) is 14.6. The first-order valence-electron chi connectivity index (χ1n) is 13.2. The predicted molar refractivity (Wildman–Crippen MR) is 148 cm³/mol. The van der Waals surface area contributed by atoms with Gasteiger partial charge in [-0.1, -0.05) is 26.0 Å². The second-order valence-electron chi connectivity index (χ2n) is 9.41. The fourth-order valence-electron chi connectivity index (χ4n) is 5.02. The third kappa shape index (κ3) is 5.74. The lowest BCUT2D eigenvalue weighted by Crippen LogP contribution is -2.49. The summed E-state index contributed by atoms with van der Waals surface area (Å²) in [6.45, 7) is 11.7. The molecule has 0 bridgehead atoms. The Balaban J connectivity index is 1.71.